The molecular weight excluding hydrogens is 521 g/mol. The zero-order chi connectivity index (χ0) is 27.8. The van der Waals surface area contributed by atoms with Gasteiger partial charge in [0.25, 0.3) is 17.3 Å². The predicted molar refractivity (Wildman–Crippen MR) is 149 cm³/mol. The molecule has 0 aliphatic heterocycles. The van der Waals surface area contributed by atoms with E-state index in [9.17, 15) is 29.6 Å². The minimum atomic E-state index is -3.62. The third kappa shape index (κ3) is 6.23. The number of hydrogen-bond donors (Lipinski definition) is 2. The quantitative estimate of drug-likeness (QED) is 0.127. The van der Waals surface area contributed by atoms with Crippen molar-refractivity contribution < 1.29 is 19.2 Å². The first kappa shape index (κ1) is 26.9. The second-order valence-electron chi connectivity index (χ2n) is 8.26. The van der Waals surface area contributed by atoms with E-state index in [4.69, 9.17) is 0 Å². The topological polar surface area (TPSA) is 157 Å². The van der Waals surface area contributed by atoms with Gasteiger partial charge in [-0.3, -0.25) is 30.4 Å². The van der Waals surface area contributed by atoms with E-state index < -0.39 is 40.1 Å². The molecule has 1 amide bonds. The van der Waals surface area contributed by atoms with Crippen LogP contribution < -0.4 is 21.4 Å². The van der Waals surface area contributed by atoms with E-state index in [1.54, 1.807) is 91.0 Å². The Labute approximate surface area is 222 Å². The van der Waals surface area contributed by atoms with Gasteiger partial charge in [-0.15, -0.1) is 0 Å². The summed E-state index contributed by atoms with van der Waals surface area (Å²) in [5.41, 5.74) is 1.84. The number of non-ortho nitro benzene ring substituents is 2. The lowest BCUT2D eigenvalue weighted by Crippen LogP contribution is -2.41. The Hall–Kier alpha value is -5.15. The zero-order valence-electron chi connectivity index (χ0n) is 20.3. The van der Waals surface area contributed by atoms with Gasteiger partial charge in [-0.25, -0.2) is 0 Å². The molecule has 0 aliphatic rings. The molecule has 2 N–H and O–H groups in total. The van der Waals surface area contributed by atoms with Gasteiger partial charge in [0.1, 0.15) is 5.78 Å². The van der Waals surface area contributed by atoms with Gasteiger partial charge in [-0.1, -0.05) is 78.9 Å². The van der Waals surface area contributed by atoms with Gasteiger partial charge < -0.3 is 9.88 Å². The van der Waals surface area contributed by atoms with Crippen LogP contribution in [-0.4, -0.2) is 27.8 Å². The van der Waals surface area contributed by atoms with Crippen molar-refractivity contribution in [1.82, 2.24) is 5.32 Å². The molecular formula is C27H22N5O6P. The van der Waals surface area contributed by atoms with Crippen molar-refractivity contribution in [3.63, 3.8) is 0 Å². The van der Waals surface area contributed by atoms with Crippen LogP contribution in [0.2, 0.25) is 0 Å². The molecule has 0 heterocycles. The SMILES string of the molecule is O=C(N[C@H](C=NNc1cc([N+](=O)[O-])cc([N+](=O)[O-])c1)P(=O)(c1ccccc1)c1ccccc1)c1ccccc1. The highest BCUT2D eigenvalue weighted by Crippen LogP contribution is 2.47. The molecule has 4 aromatic rings. The molecule has 0 aromatic heterocycles. The molecule has 39 heavy (non-hydrogen) atoms. The number of benzene rings is 4. The number of nitrogens with one attached hydrogen (secondary N) is 2. The molecule has 12 heteroatoms. The number of carbonyl (C=O) groups excluding carboxylic acids is 1. The Morgan fingerprint density at radius 1 is 0.769 bits per heavy atom. The van der Waals surface area contributed by atoms with Crippen LogP contribution in [0.5, 0.6) is 0 Å². The lowest BCUT2D eigenvalue weighted by atomic mass is 10.2. The first-order chi connectivity index (χ1) is 18.8. The number of amides is 1. The summed E-state index contributed by atoms with van der Waals surface area (Å²) in [4.78, 5) is 34.1. The molecule has 0 saturated carbocycles. The molecule has 0 bridgehead atoms. The molecule has 1 atom stereocenters. The lowest BCUT2D eigenvalue weighted by Gasteiger charge is -2.27. The maximum Gasteiger partial charge on any atom is 0.278 e. The van der Waals surface area contributed by atoms with E-state index >= 15 is 0 Å². The van der Waals surface area contributed by atoms with E-state index in [2.05, 4.69) is 15.8 Å². The first-order valence-electron chi connectivity index (χ1n) is 11.6. The number of nitrogens with zero attached hydrogens (tertiary/aromatic N) is 3. The van der Waals surface area contributed by atoms with Crippen LogP contribution in [0.25, 0.3) is 0 Å². The summed E-state index contributed by atoms with van der Waals surface area (Å²) in [6.07, 6.45) is 1.23. The number of nitro benzene ring substituents is 2. The number of carbonyl (C=O) groups is 1. The van der Waals surface area contributed by atoms with Crippen LogP contribution in [-0.2, 0) is 4.57 Å². The summed E-state index contributed by atoms with van der Waals surface area (Å²) in [6.45, 7) is 0. The summed E-state index contributed by atoms with van der Waals surface area (Å²) in [6, 6.07) is 28.6. The van der Waals surface area contributed by atoms with E-state index in [-0.39, 0.29) is 5.69 Å². The fourth-order valence-corrected chi connectivity index (χ4v) is 6.58. The van der Waals surface area contributed by atoms with E-state index in [0.29, 0.717) is 16.2 Å². The van der Waals surface area contributed by atoms with Crippen molar-refractivity contribution in [2.24, 2.45) is 5.10 Å². The molecule has 0 radical (unpaired) electrons. The normalized spacial score (nSPS) is 12.0. The molecule has 196 valence electrons. The summed E-state index contributed by atoms with van der Waals surface area (Å²) in [5, 5.41) is 30.3. The Morgan fingerprint density at radius 3 is 1.69 bits per heavy atom. The lowest BCUT2D eigenvalue weighted by molar-refractivity contribution is -0.394. The monoisotopic (exact) mass is 543 g/mol. The molecule has 4 aromatic carbocycles. The minimum Gasteiger partial charge on any atom is -0.337 e. The Kier molecular flexibility index (Phi) is 8.23. The van der Waals surface area contributed by atoms with Crippen molar-refractivity contribution in [1.29, 1.82) is 0 Å². The number of anilines is 1. The molecule has 0 saturated heterocycles. The Morgan fingerprint density at radius 2 is 1.23 bits per heavy atom. The van der Waals surface area contributed by atoms with Crippen molar-refractivity contribution in [3.05, 3.63) is 135 Å². The first-order valence-corrected chi connectivity index (χ1v) is 13.4. The number of hydrogen-bond acceptors (Lipinski definition) is 8. The molecule has 0 fully saturated rings. The summed E-state index contributed by atoms with van der Waals surface area (Å²) in [7, 11) is -3.62. The van der Waals surface area contributed by atoms with E-state index in [0.717, 1.165) is 18.2 Å². The van der Waals surface area contributed by atoms with Crippen molar-refractivity contribution >= 4 is 46.9 Å². The largest absolute Gasteiger partial charge is 0.337 e. The van der Waals surface area contributed by atoms with Crippen LogP contribution >= 0.6 is 7.14 Å². The van der Waals surface area contributed by atoms with Gasteiger partial charge in [-0.2, -0.15) is 5.10 Å². The van der Waals surface area contributed by atoms with E-state index in [1.165, 1.54) is 6.21 Å². The van der Waals surface area contributed by atoms with Gasteiger partial charge in [0.05, 0.1) is 27.8 Å². The maximum absolute atomic E-state index is 14.9. The minimum absolute atomic E-state index is 0.0328. The van der Waals surface area contributed by atoms with E-state index in [1.807, 2.05) is 0 Å². The van der Waals surface area contributed by atoms with Crippen LogP contribution in [0.15, 0.2) is 114 Å². The second kappa shape index (κ2) is 11.9. The average molecular weight is 543 g/mol. The fraction of sp³-hybridized carbons (Fsp3) is 0.0370. The average Bonchev–Trinajstić information content (AvgIpc) is 2.97. The van der Waals surface area contributed by atoms with Gasteiger partial charge in [0.15, 0.2) is 7.14 Å². The second-order valence-corrected chi connectivity index (χ2v) is 11.2. The van der Waals surface area contributed by atoms with Gasteiger partial charge in [0, 0.05) is 28.3 Å². The predicted octanol–water partition coefficient (Wildman–Crippen LogP) is 4.67. The molecule has 0 spiro atoms. The Bertz CT molecular complexity index is 1490. The smallest absolute Gasteiger partial charge is 0.278 e. The molecule has 11 nitrogen and oxygen atoms in total. The van der Waals surface area contributed by atoms with Crippen LogP contribution in [0.1, 0.15) is 10.4 Å². The summed E-state index contributed by atoms with van der Waals surface area (Å²) in [5.74, 6) is -1.65. The highest BCUT2D eigenvalue weighted by atomic mass is 31.2. The summed E-state index contributed by atoms with van der Waals surface area (Å²) >= 11 is 0. The van der Waals surface area contributed by atoms with Gasteiger partial charge in [-0.05, 0) is 12.1 Å². The van der Waals surface area contributed by atoms with Crippen LogP contribution in [0.4, 0.5) is 17.1 Å². The zero-order valence-corrected chi connectivity index (χ0v) is 21.2. The Balaban J connectivity index is 1.77. The van der Waals surface area contributed by atoms with Crippen LogP contribution in [0.3, 0.4) is 0 Å². The van der Waals surface area contributed by atoms with Gasteiger partial charge >= 0.3 is 0 Å². The van der Waals surface area contributed by atoms with Gasteiger partial charge in [0.2, 0.25) is 0 Å². The maximum atomic E-state index is 14.9. The summed E-state index contributed by atoms with van der Waals surface area (Å²) < 4.78 is 14.9. The van der Waals surface area contributed by atoms with Crippen LogP contribution in [0, 0.1) is 20.2 Å². The highest BCUT2D eigenvalue weighted by Gasteiger charge is 2.37. The number of hydrazone groups is 1. The number of rotatable bonds is 10. The number of nitro groups is 2. The fourth-order valence-electron chi connectivity index (χ4n) is 3.85. The third-order valence-electron chi connectivity index (χ3n) is 5.72. The van der Waals surface area contributed by atoms with Crippen molar-refractivity contribution in [3.8, 4) is 0 Å². The van der Waals surface area contributed by atoms with Crippen molar-refractivity contribution in [2.75, 3.05) is 5.43 Å². The molecule has 0 aliphatic carbocycles. The standard InChI is InChI=1S/C27H22N5O6P/c33-27(20-10-4-1-5-11-20)29-26(19-28-30-21-16-22(31(34)35)18-23(17-21)32(36)37)39(38,24-12-6-2-7-13-24)25-14-8-3-9-15-25/h1-19,26,30H,(H,29,33)/t26-/m0/s1. The highest BCUT2D eigenvalue weighted by molar-refractivity contribution is 7.80. The van der Waals surface area contributed by atoms with Crippen molar-refractivity contribution in [2.45, 2.75) is 5.78 Å². The molecule has 0 unspecified atom stereocenters. The third-order valence-corrected chi connectivity index (χ3v) is 8.90. The molecule has 4 rings (SSSR count).